The number of carbonyl (C=O) groups is 1. The Morgan fingerprint density at radius 2 is 2.22 bits per heavy atom. The van der Waals surface area contributed by atoms with E-state index in [0.29, 0.717) is 19.7 Å². The van der Waals surface area contributed by atoms with E-state index < -0.39 is 0 Å². The van der Waals surface area contributed by atoms with Gasteiger partial charge in [-0.25, -0.2) is 10.6 Å². The summed E-state index contributed by atoms with van der Waals surface area (Å²) >= 11 is 3.38. The van der Waals surface area contributed by atoms with Crippen LogP contribution in [0.2, 0.25) is 0 Å². The van der Waals surface area contributed by atoms with Gasteiger partial charge >= 0.3 is 6.03 Å². The van der Waals surface area contributed by atoms with E-state index in [1.165, 1.54) is 5.01 Å². The summed E-state index contributed by atoms with van der Waals surface area (Å²) in [7, 11) is 0. The fraction of sp³-hybridized carbons (Fsp3) is 0.417. The molecule has 1 aliphatic rings. The fourth-order valence-corrected chi connectivity index (χ4v) is 2.22. The molecule has 5 nitrogen and oxygen atoms in total. The van der Waals surface area contributed by atoms with E-state index in [-0.39, 0.29) is 6.03 Å². The summed E-state index contributed by atoms with van der Waals surface area (Å²) in [5.74, 6) is 6.36. The second-order valence-corrected chi connectivity index (χ2v) is 5.04. The third-order valence-corrected chi connectivity index (χ3v) is 3.26. The Morgan fingerprint density at radius 1 is 1.39 bits per heavy atom. The number of hydrazine groups is 1. The molecule has 0 saturated carbocycles. The van der Waals surface area contributed by atoms with Gasteiger partial charge < -0.3 is 9.64 Å². The molecule has 1 aromatic rings. The number of amides is 2. The van der Waals surface area contributed by atoms with E-state index >= 15 is 0 Å². The smallest absolute Gasteiger partial charge is 0.334 e. The summed E-state index contributed by atoms with van der Waals surface area (Å²) in [5, 5.41) is 1.25. The number of nitrogens with two attached hydrogens (primary N) is 1. The Morgan fingerprint density at radius 3 is 3.00 bits per heavy atom. The second-order valence-electron chi connectivity index (χ2n) is 4.12. The SMILES string of the molecule is NN1CCCN(CCOc2cccc(Br)c2)C1=O. The van der Waals surface area contributed by atoms with Crippen molar-refractivity contribution in [1.29, 1.82) is 0 Å². The molecule has 0 aromatic heterocycles. The number of halogens is 1. The largest absolute Gasteiger partial charge is 0.492 e. The Kier molecular flexibility index (Phi) is 4.43. The quantitative estimate of drug-likeness (QED) is 0.681. The minimum atomic E-state index is -0.126. The molecule has 1 heterocycles. The molecule has 0 unspecified atom stereocenters. The molecular weight excluding hydrogens is 298 g/mol. The van der Waals surface area contributed by atoms with Crippen molar-refractivity contribution in [2.45, 2.75) is 6.42 Å². The number of nitrogens with zero attached hydrogens (tertiary/aromatic N) is 2. The van der Waals surface area contributed by atoms with Crippen LogP contribution in [0.15, 0.2) is 28.7 Å². The number of carbonyl (C=O) groups excluding carboxylic acids is 1. The lowest BCUT2D eigenvalue weighted by molar-refractivity contribution is 0.121. The van der Waals surface area contributed by atoms with Gasteiger partial charge in [0.15, 0.2) is 0 Å². The predicted molar refractivity (Wildman–Crippen MR) is 72.1 cm³/mol. The van der Waals surface area contributed by atoms with Gasteiger partial charge in [0, 0.05) is 17.6 Å². The molecule has 2 N–H and O–H groups in total. The monoisotopic (exact) mass is 313 g/mol. The van der Waals surface area contributed by atoms with E-state index in [0.717, 1.165) is 23.2 Å². The van der Waals surface area contributed by atoms with Gasteiger partial charge in [0.2, 0.25) is 0 Å². The van der Waals surface area contributed by atoms with Crippen LogP contribution in [0.4, 0.5) is 4.79 Å². The lowest BCUT2D eigenvalue weighted by Crippen LogP contribution is -2.53. The first kappa shape index (κ1) is 13.2. The first-order valence-electron chi connectivity index (χ1n) is 5.86. The first-order chi connectivity index (χ1) is 8.66. The maximum atomic E-state index is 11.7. The third kappa shape index (κ3) is 3.36. The average Bonchev–Trinajstić information content (AvgIpc) is 2.35. The molecule has 0 atom stereocenters. The Bertz CT molecular complexity index is 428. The highest BCUT2D eigenvalue weighted by Gasteiger charge is 2.22. The standard InChI is InChI=1S/C12H16BrN3O2/c13-10-3-1-4-11(9-10)18-8-7-15-5-2-6-16(14)12(15)17/h1,3-4,9H,2,5-8,14H2. The molecular formula is C12H16BrN3O2. The fourth-order valence-electron chi connectivity index (χ4n) is 1.84. The Labute approximate surface area is 115 Å². The summed E-state index contributed by atoms with van der Waals surface area (Å²) in [4.78, 5) is 13.4. The van der Waals surface area contributed by atoms with Gasteiger partial charge in [0.1, 0.15) is 12.4 Å². The molecule has 98 valence electrons. The number of hydrogen-bond donors (Lipinski definition) is 1. The van der Waals surface area contributed by atoms with Gasteiger partial charge in [-0.2, -0.15) is 0 Å². The molecule has 0 spiro atoms. The molecule has 1 aromatic carbocycles. The van der Waals surface area contributed by atoms with Crippen LogP contribution in [0.5, 0.6) is 5.75 Å². The molecule has 2 amide bonds. The Hall–Kier alpha value is -1.27. The van der Waals surface area contributed by atoms with Crippen molar-refractivity contribution in [2.24, 2.45) is 5.84 Å². The normalized spacial score (nSPS) is 16.0. The summed E-state index contributed by atoms with van der Waals surface area (Å²) in [5.41, 5.74) is 0. The highest BCUT2D eigenvalue weighted by molar-refractivity contribution is 9.10. The van der Waals surface area contributed by atoms with Crippen LogP contribution >= 0.6 is 15.9 Å². The second kappa shape index (κ2) is 6.06. The zero-order valence-electron chi connectivity index (χ0n) is 10.0. The van der Waals surface area contributed by atoms with Crippen LogP contribution in [0.1, 0.15) is 6.42 Å². The molecule has 0 radical (unpaired) electrons. The molecule has 0 bridgehead atoms. The minimum Gasteiger partial charge on any atom is -0.492 e. The molecule has 1 fully saturated rings. The summed E-state index contributed by atoms with van der Waals surface area (Å²) in [6.45, 7) is 2.39. The molecule has 18 heavy (non-hydrogen) atoms. The topological polar surface area (TPSA) is 58.8 Å². The summed E-state index contributed by atoms with van der Waals surface area (Å²) < 4.78 is 6.56. The molecule has 0 aliphatic carbocycles. The van der Waals surface area contributed by atoms with Crippen LogP contribution in [0, 0.1) is 0 Å². The lowest BCUT2D eigenvalue weighted by Gasteiger charge is -2.32. The average molecular weight is 314 g/mol. The van der Waals surface area contributed by atoms with E-state index in [1.807, 2.05) is 24.3 Å². The van der Waals surface area contributed by atoms with Gasteiger partial charge in [-0.3, -0.25) is 5.01 Å². The number of rotatable bonds is 4. The number of benzene rings is 1. The van der Waals surface area contributed by atoms with E-state index in [9.17, 15) is 4.79 Å². The van der Waals surface area contributed by atoms with Crippen molar-refractivity contribution in [1.82, 2.24) is 9.91 Å². The molecule has 1 aliphatic heterocycles. The number of urea groups is 1. The highest BCUT2D eigenvalue weighted by atomic mass is 79.9. The van der Waals surface area contributed by atoms with Crippen LogP contribution in [-0.4, -0.2) is 42.2 Å². The Balaban J connectivity index is 1.80. The van der Waals surface area contributed by atoms with Gasteiger partial charge in [-0.05, 0) is 24.6 Å². The molecule has 6 heteroatoms. The van der Waals surface area contributed by atoms with E-state index in [4.69, 9.17) is 10.6 Å². The van der Waals surface area contributed by atoms with Gasteiger partial charge in [0.25, 0.3) is 0 Å². The van der Waals surface area contributed by atoms with E-state index in [2.05, 4.69) is 15.9 Å². The summed E-state index contributed by atoms with van der Waals surface area (Å²) in [6.07, 6.45) is 0.902. The number of hydrogen-bond acceptors (Lipinski definition) is 3. The van der Waals surface area contributed by atoms with Gasteiger partial charge in [-0.1, -0.05) is 22.0 Å². The summed E-state index contributed by atoms with van der Waals surface area (Å²) in [6, 6.07) is 7.50. The number of ether oxygens (including phenoxy) is 1. The van der Waals surface area contributed by atoms with Gasteiger partial charge in [-0.15, -0.1) is 0 Å². The maximum absolute atomic E-state index is 11.7. The van der Waals surface area contributed by atoms with Crippen LogP contribution < -0.4 is 10.6 Å². The van der Waals surface area contributed by atoms with Crippen LogP contribution in [0.3, 0.4) is 0 Å². The van der Waals surface area contributed by atoms with Crippen molar-refractivity contribution in [3.63, 3.8) is 0 Å². The maximum Gasteiger partial charge on any atom is 0.334 e. The van der Waals surface area contributed by atoms with Crippen molar-refractivity contribution >= 4 is 22.0 Å². The van der Waals surface area contributed by atoms with Crippen molar-refractivity contribution in [3.8, 4) is 5.75 Å². The molecule has 1 saturated heterocycles. The highest BCUT2D eigenvalue weighted by Crippen LogP contribution is 2.17. The first-order valence-corrected chi connectivity index (χ1v) is 6.65. The van der Waals surface area contributed by atoms with Crippen LogP contribution in [-0.2, 0) is 0 Å². The lowest BCUT2D eigenvalue weighted by atomic mass is 10.3. The predicted octanol–water partition coefficient (Wildman–Crippen LogP) is 1.83. The van der Waals surface area contributed by atoms with Crippen molar-refractivity contribution < 1.29 is 9.53 Å². The zero-order chi connectivity index (χ0) is 13.0. The van der Waals surface area contributed by atoms with Gasteiger partial charge in [0.05, 0.1) is 6.54 Å². The third-order valence-electron chi connectivity index (χ3n) is 2.77. The minimum absolute atomic E-state index is 0.126. The molecule has 2 rings (SSSR count). The van der Waals surface area contributed by atoms with Crippen molar-refractivity contribution in [3.05, 3.63) is 28.7 Å². The van der Waals surface area contributed by atoms with Crippen molar-refractivity contribution in [2.75, 3.05) is 26.2 Å². The van der Waals surface area contributed by atoms with E-state index in [1.54, 1.807) is 4.90 Å². The zero-order valence-corrected chi connectivity index (χ0v) is 11.6. The van der Waals surface area contributed by atoms with Crippen LogP contribution in [0.25, 0.3) is 0 Å².